The molecule has 1 aliphatic heterocycles. The Morgan fingerprint density at radius 2 is 2.00 bits per heavy atom. The van der Waals surface area contributed by atoms with E-state index >= 15 is 0 Å². The molecule has 2 rings (SSSR count). The summed E-state index contributed by atoms with van der Waals surface area (Å²) in [5.41, 5.74) is 0.756. The van der Waals surface area contributed by atoms with Gasteiger partial charge in [-0.2, -0.15) is 0 Å². The first-order valence-electron chi connectivity index (χ1n) is 6.33. The maximum atomic E-state index is 11.8. The van der Waals surface area contributed by atoms with Crippen LogP contribution >= 0.6 is 0 Å². The smallest absolute Gasteiger partial charge is 0.138 e. The molecule has 17 heavy (non-hydrogen) atoms. The summed E-state index contributed by atoms with van der Waals surface area (Å²) < 4.78 is 6.01. The summed E-state index contributed by atoms with van der Waals surface area (Å²) in [6.07, 6.45) is 1.99. The first-order valence-corrected chi connectivity index (χ1v) is 6.33. The Bertz CT molecular complexity index is 383. The number of carbonyl (C=O) groups is 1. The highest BCUT2D eigenvalue weighted by molar-refractivity contribution is 5.80. The standard InChI is InChI=1S/C15H20O2/c1-12(2)10-15(11-14(16)8-9-17-15)13-6-4-3-5-7-13/h3-7,12H,8-11H2,1-2H3. The van der Waals surface area contributed by atoms with Gasteiger partial charge in [-0.15, -0.1) is 0 Å². The largest absolute Gasteiger partial charge is 0.369 e. The second kappa shape index (κ2) is 5.01. The number of hydrogen-bond donors (Lipinski definition) is 0. The Labute approximate surface area is 103 Å². The van der Waals surface area contributed by atoms with Crippen molar-refractivity contribution in [2.75, 3.05) is 6.61 Å². The van der Waals surface area contributed by atoms with Crippen LogP contribution in [0.3, 0.4) is 0 Å². The van der Waals surface area contributed by atoms with Gasteiger partial charge in [0.05, 0.1) is 6.61 Å². The summed E-state index contributed by atoms with van der Waals surface area (Å²) in [5, 5.41) is 0. The molecule has 0 aliphatic carbocycles. The van der Waals surface area contributed by atoms with Crippen molar-refractivity contribution < 1.29 is 9.53 Å². The van der Waals surface area contributed by atoms with Gasteiger partial charge in [0.25, 0.3) is 0 Å². The van der Waals surface area contributed by atoms with Crippen LogP contribution < -0.4 is 0 Å². The minimum atomic E-state index is -0.384. The number of carbonyl (C=O) groups excluding carboxylic acids is 1. The van der Waals surface area contributed by atoms with Crippen LogP contribution in [0.4, 0.5) is 0 Å². The highest BCUT2D eigenvalue weighted by Crippen LogP contribution is 2.39. The lowest BCUT2D eigenvalue weighted by molar-refractivity contribution is -0.144. The molecule has 0 saturated carbocycles. The van der Waals surface area contributed by atoms with Crippen LogP contribution in [0.5, 0.6) is 0 Å². The Morgan fingerprint density at radius 3 is 2.59 bits per heavy atom. The van der Waals surface area contributed by atoms with Crippen LogP contribution in [-0.2, 0) is 15.1 Å². The molecule has 1 aromatic carbocycles. The molecule has 0 spiro atoms. The zero-order valence-electron chi connectivity index (χ0n) is 10.6. The lowest BCUT2D eigenvalue weighted by Crippen LogP contribution is -2.38. The number of ketones is 1. The van der Waals surface area contributed by atoms with Crippen molar-refractivity contribution >= 4 is 5.78 Å². The summed E-state index contributed by atoms with van der Waals surface area (Å²) >= 11 is 0. The molecular formula is C15H20O2. The molecule has 2 nitrogen and oxygen atoms in total. The molecule has 1 atom stereocenters. The highest BCUT2D eigenvalue weighted by atomic mass is 16.5. The van der Waals surface area contributed by atoms with E-state index < -0.39 is 0 Å². The Morgan fingerprint density at radius 1 is 1.29 bits per heavy atom. The van der Waals surface area contributed by atoms with Crippen LogP contribution in [0.1, 0.15) is 38.7 Å². The average Bonchev–Trinajstić information content (AvgIpc) is 2.29. The van der Waals surface area contributed by atoms with E-state index in [0.29, 0.717) is 31.1 Å². The fourth-order valence-corrected chi connectivity index (χ4v) is 2.65. The van der Waals surface area contributed by atoms with Crippen LogP contribution in [0.15, 0.2) is 30.3 Å². The minimum Gasteiger partial charge on any atom is -0.369 e. The molecule has 0 radical (unpaired) electrons. The lowest BCUT2D eigenvalue weighted by Gasteiger charge is -2.38. The Hall–Kier alpha value is -1.15. The average molecular weight is 232 g/mol. The van der Waals surface area contributed by atoms with Gasteiger partial charge >= 0.3 is 0 Å². The van der Waals surface area contributed by atoms with Crippen molar-refractivity contribution in [3.05, 3.63) is 35.9 Å². The molecular weight excluding hydrogens is 212 g/mol. The maximum Gasteiger partial charge on any atom is 0.138 e. The van der Waals surface area contributed by atoms with E-state index in [1.165, 1.54) is 0 Å². The van der Waals surface area contributed by atoms with Crippen molar-refractivity contribution in [2.24, 2.45) is 5.92 Å². The van der Waals surface area contributed by atoms with Crippen molar-refractivity contribution in [1.29, 1.82) is 0 Å². The molecule has 92 valence electrons. The van der Waals surface area contributed by atoms with Gasteiger partial charge < -0.3 is 4.74 Å². The summed E-state index contributed by atoms with van der Waals surface area (Å²) in [6, 6.07) is 10.2. The van der Waals surface area contributed by atoms with Crippen molar-refractivity contribution in [3.8, 4) is 0 Å². The third-order valence-corrected chi connectivity index (χ3v) is 3.28. The molecule has 2 heteroatoms. The topological polar surface area (TPSA) is 26.3 Å². The first kappa shape index (κ1) is 12.3. The molecule has 1 heterocycles. The number of benzene rings is 1. The fraction of sp³-hybridized carbons (Fsp3) is 0.533. The summed E-state index contributed by atoms with van der Waals surface area (Å²) in [4.78, 5) is 11.8. The molecule has 1 saturated heterocycles. The summed E-state index contributed by atoms with van der Waals surface area (Å²) in [7, 11) is 0. The third-order valence-electron chi connectivity index (χ3n) is 3.28. The monoisotopic (exact) mass is 232 g/mol. The van der Waals surface area contributed by atoms with Gasteiger partial charge in [-0.3, -0.25) is 4.79 Å². The zero-order chi connectivity index (χ0) is 12.3. The summed E-state index contributed by atoms with van der Waals surface area (Å²) in [6.45, 7) is 4.90. The first-order chi connectivity index (χ1) is 8.12. The predicted octanol–water partition coefficient (Wildman–Crippen LogP) is 3.31. The van der Waals surface area contributed by atoms with Gasteiger partial charge in [0.15, 0.2) is 0 Å². The van der Waals surface area contributed by atoms with E-state index in [4.69, 9.17) is 4.74 Å². The van der Waals surface area contributed by atoms with E-state index in [9.17, 15) is 4.79 Å². The van der Waals surface area contributed by atoms with E-state index in [1.54, 1.807) is 0 Å². The van der Waals surface area contributed by atoms with E-state index in [2.05, 4.69) is 26.0 Å². The van der Waals surface area contributed by atoms with Crippen molar-refractivity contribution in [3.63, 3.8) is 0 Å². The SMILES string of the molecule is CC(C)CC1(c2ccccc2)CC(=O)CCO1. The van der Waals surface area contributed by atoms with E-state index in [1.807, 2.05) is 18.2 Å². The van der Waals surface area contributed by atoms with E-state index in [-0.39, 0.29) is 5.60 Å². The quantitative estimate of drug-likeness (QED) is 0.799. The van der Waals surface area contributed by atoms with Crippen LogP contribution in [-0.4, -0.2) is 12.4 Å². The molecule has 1 aliphatic rings. The fourth-order valence-electron chi connectivity index (χ4n) is 2.65. The zero-order valence-corrected chi connectivity index (χ0v) is 10.6. The molecule has 1 fully saturated rings. The van der Waals surface area contributed by atoms with Crippen molar-refractivity contribution in [2.45, 2.75) is 38.7 Å². The van der Waals surface area contributed by atoms with Gasteiger partial charge in [-0.25, -0.2) is 0 Å². The second-order valence-corrected chi connectivity index (χ2v) is 5.27. The van der Waals surface area contributed by atoms with Gasteiger partial charge in [-0.1, -0.05) is 44.2 Å². The maximum absolute atomic E-state index is 11.8. The second-order valence-electron chi connectivity index (χ2n) is 5.27. The van der Waals surface area contributed by atoms with Gasteiger partial charge in [-0.05, 0) is 17.9 Å². The van der Waals surface area contributed by atoms with Crippen LogP contribution in [0.2, 0.25) is 0 Å². The van der Waals surface area contributed by atoms with Gasteiger partial charge in [0.1, 0.15) is 11.4 Å². The number of rotatable bonds is 3. The molecule has 1 unspecified atom stereocenters. The number of ether oxygens (including phenoxy) is 1. The lowest BCUT2D eigenvalue weighted by atomic mass is 9.80. The molecule has 0 amide bonds. The molecule has 0 N–H and O–H groups in total. The van der Waals surface area contributed by atoms with Crippen molar-refractivity contribution in [1.82, 2.24) is 0 Å². The highest BCUT2D eigenvalue weighted by Gasteiger charge is 2.38. The predicted molar refractivity (Wildman–Crippen MR) is 67.8 cm³/mol. The molecule has 0 aromatic heterocycles. The minimum absolute atomic E-state index is 0.320. The van der Waals surface area contributed by atoms with Gasteiger partial charge in [0, 0.05) is 12.8 Å². The Balaban J connectivity index is 2.33. The molecule has 1 aromatic rings. The normalized spacial score (nSPS) is 25.2. The number of Topliss-reactive ketones (excluding diaryl/α,β-unsaturated/α-hetero) is 1. The van der Waals surface area contributed by atoms with E-state index in [0.717, 1.165) is 12.0 Å². The third kappa shape index (κ3) is 2.75. The van der Waals surface area contributed by atoms with Gasteiger partial charge in [0.2, 0.25) is 0 Å². The Kier molecular flexibility index (Phi) is 3.63. The van der Waals surface area contributed by atoms with Crippen LogP contribution in [0.25, 0.3) is 0 Å². The summed E-state index contributed by atoms with van der Waals surface area (Å²) in [5.74, 6) is 0.835. The molecule has 0 bridgehead atoms. The number of hydrogen-bond acceptors (Lipinski definition) is 2. The van der Waals surface area contributed by atoms with Crippen LogP contribution in [0, 0.1) is 5.92 Å².